The number of hydrogen-bond donors (Lipinski definition) is 3. The van der Waals surface area contributed by atoms with Crippen LogP contribution in [0.4, 0.5) is 0 Å². The van der Waals surface area contributed by atoms with Crippen molar-refractivity contribution in [2.45, 2.75) is 0 Å². The van der Waals surface area contributed by atoms with Crippen LogP contribution < -0.4 is 0 Å². The van der Waals surface area contributed by atoms with Crippen LogP contribution in [0.3, 0.4) is 0 Å². The van der Waals surface area contributed by atoms with Crippen molar-refractivity contribution in [3.05, 3.63) is 86.4 Å². The van der Waals surface area contributed by atoms with Crippen LogP contribution in [-0.2, 0) is 17.4 Å². The quantitative estimate of drug-likeness (QED) is 0.228. The maximum absolute atomic E-state index is 9.95. The van der Waals surface area contributed by atoms with E-state index >= 15 is 0 Å². The van der Waals surface area contributed by atoms with E-state index < -0.39 is 0 Å². The molecule has 0 amide bonds. The van der Waals surface area contributed by atoms with Gasteiger partial charge in [0.2, 0.25) is 0 Å². The summed E-state index contributed by atoms with van der Waals surface area (Å²) in [6.45, 7) is 3.37. The fourth-order valence-electron chi connectivity index (χ4n) is 3.31. The molecule has 200 valence electrons. The summed E-state index contributed by atoms with van der Waals surface area (Å²) in [6.07, 6.45) is 4.79. The number of phenolic OH excluding ortho intramolecular Hbond substituents is 3. The zero-order valence-electron chi connectivity index (χ0n) is 20.3. The van der Waals surface area contributed by atoms with E-state index in [2.05, 4.69) is 19.9 Å². The molecule has 3 rings (SSSR count). The average Bonchev–Trinajstić information content (AvgIpc) is 2.87. The SMILES string of the molecule is Oc1ccc(Cl)cc1C=NCCN(CCN=Cc1cc(Cl)ccc1O)CCN=Cc1cc(Cl)ccc1O.[Cr]. The molecule has 3 aromatic carbocycles. The molecule has 0 saturated heterocycles. The van der Waals surface area contributed by atoms with Gasteiger partial charge in [0.25, 0.3) is 0 Å². The van der Waals surface area contributed by atoms with Crippen molar-refractivity contribution in [2.24, 2.45) is 15.0 Å². The zero-order valence-corrected chi connectivity index (χ0v) is 23.9. The van der Waals surface area contributed by atoms with Crippen LogP contribution >= 0.6 is 34.8 Å². The largest absolute Gasteiger partial charge is 0.507 e. The Morgan fingerprint density at radius 1 is 0.553 bits per heavy atom. The maximum atomic E-state index is 9.95. The average molecular weight is 614 g/mol. The molecule has 0 bridgehead atoms. The summed E-state index contributed by atoms with van der Waals surface area (Å²) in [5, 5.41) is 31.4. The molecule has 11 heteroatoms. The summed E-state index contributed by atoms with van der Waals surface area (Å²) in [6, 6.07) is 14.4. The Bertz CT molecular complexity index is 1130. The Hall–Kier alpha value is -2.57. The monoisotopic (exact) mass is 612 g/mol. The number of hydrogen-bond acceptors (Lipinski definition) is 7. The minimum atomic E-state index is 0. The first kappa shape index (κ1) is 31.6. The van der Waals surface area contributed by atoms with Gasteiger partial charge in [0.1, 0.15) is 17.2 Å². The molecule has 0 aliphatic heterocycles. The van der Waals surface area contributed by atoms with Gasteiger partial charge in [-0.15, -0.1) is 0 Å². The van der Waals surface area contributed by atoms with Gasteiger partial charge in [-0.05, 0) is 54.6 Å². The molecule has 0 heterocycles. The van der Waals surface area contributed by atoms with Crippen molar-refractivity contribution >= 4 is 53.4 Å². The van der Waals surface area contributed by atoms with Crippen LogP contribution in [0.5, 0.6) is 17.2 Å². The van der Waals surface area contributed by atoms with Gasteiger partial charge in [-0.25, -0.2) is 0 Å². The van der Waals surface area contributed by atoms with Crippen molar-refractivity contribution in [1.82, 2.24) is 4.90 Å². The van der Waals surface area contributed by atoms with Gasteiger partial charge in [-0.1, -0.05) is 34.8 Å². The minimum Gasteiger partial charge on any atom is -0.507 e. The molecule has 0 aliphatic rings. The van der Waals surface area contributed by atoms with E-state index in [1.807, 2.05) is 0 Å². The van der Waals surface area contributed by atoms with Crippen LogP contribution in [0.1, 0.15) is 16.7 Å². The van der Waals surface area contributed by atoms with E-state index in [1.165, 1.54) is 18.2 Å². The van der Waals surface area contributed by atoms with E-state index in [1.54, 1.807) is 55.0 Å². The smallest absolute Gasteiger partial charge is 0.124 e. The Kier molecular flexibility index (Phi) is 13.7. The van der Waals surface area contributed by atoms with Crippen molar-refractivity contribution < 1.29 is 32.7 Å². The van der Waals surface area contributed by atoms with Gasteiger partial charge in [0.05, 0.1) is 19.6 Å². The molecule has 0 fully saturated rings. The van der Waals surface area contributed by atoms with Crippen molar-refractivity contribution in [1.29, 1.82) is 0 Å². The van der Waals surface area contributed by atoms with Crippen LogP contribution in [0, 0.1) is 0 Å². The molecular weight excluding hydrogens is 587 g/mol. The van der Waals surface area contributed by atoms with Crippen LogP contribution in [0.2, 0.25) is 15.1 Å². The summed E-state index contributed by atoms with van der Waals surface area (Å²) in [4.78, 5) is 15.4. The van der Waals surface area contributed by atoms with Crippen LogP contribution in [0.15, 0.2) is 69.6 Å². The molecule has 38 heavy (non-hydrogen) atoms. The zero-order chi connectivity index (χ0) is 26.6. The van der Waals surface area contributed by atoms with E-state index in [0.717, 1.165) is 0 Å². The third kappa shape index (κ3) is 10.7. The summed E-state index contributed by atoms with van der Waals surface area (Å²) in [5.41, 5.74) is 1.66. The van der Waals surface area contributed by atoms with Gasteiger partial charge in [0, 0.05) is 87.4 Å². The molecule has 3 N–H and O–H groups in total. The van der Waals surface area contributed by atoms with Crippen molar-refractivity contribution in [3.8, 4) is 17.2 Å². The third-order valence-corrected chi connectivity index (χ3v) is 6.00. The Morgan fingerprint density at radius 2 is 0.842 bits per heavy atom. The van der Waals surface area contributed by atoms with E-state index in [9.17, 15) is 15.3 Å². The normalized spacial score (nSPS) is 11.7. The molecule has 0 unspecified atom stereocenters. The molecule has 0 aromatic heterocycles. The first-order valence-corrected chi connectivity index (χ1v) is 12.6. The predicted molar refractivity (Wildman–Crippen MR) is 153 cm³/mol. The summed E-state index contributed by atoms with van der Waals surface area (Å²) in [5.74, 6) is 0.339. The van der Waals surface area contributed by atoms with Crippen molar-refractivity contribution in [3.63, 3.8) is 0 Å². The Balaban J connectivity index is 0.00000507. The summed E-state index contributed by atoms with van der Waals surface area (Å²) < 4.78 is 0. The Labute approximate surface area is 247 Å². The standard InChI is InChI=1S/C27H27Cl3N4O3.Cr/c28-22-1-4-25(35)19(13-22)16-31-7-10-34(11-8-32-17-20-14-23(29)2-5-26(20)36)12-9-33-18-21-15-24(30)3-6-27(21)37;/h1-6,13-18,35-37H,7-12H2;. The topological polar surface area (TPSA) is 101 Å². The second-order valence-corrected chi connectivity index (χ2v) is 9.37. The molecule has 0 atom stereocenters. The Morgan fingerprint density at radius 3 is 1.13 bits per heavy atom. The molecule has 0 saturated carbocycles. The van der Waals surface area contributed by atoms with Crippen LogP contribution in [-0.4, -0.2) is 78.1 Å². The molecule has 0 aliphatic carbocycles. The van der Waals surface area contributed by atoms with Crippen LogP contribution in [0.25, 0.3) is 0 Å². The predicted octanol–water partition coefficient (Wildman–Crippen LogP) is 5.72. The fraction of sp³-hybridized carbons (Fsp3) is 0.222. The summed E-state index contributed by atoms with van der Waals surface area (Å²) in [7, 11) is 0. The number of nitrogens with zero attached hydrogens (tertiary/aromatic N) is 4. The number of rotatable bonds is 12. The number of halogens is 3. The molecule has 3 aromatic rings. The van der Waals surface area contributed by atoms with E-state index in [0.29, 0.717) is 71.0 Å². The number of aliphatic imine (C=N–C) groups is 3. The van der Waals surface area contributed by atoms with E-state index in [4.69, 9.17) is 34.8 Å². The molecular formula is C27H27Cl3CrN4O3. The molecule has 0 radical (unpaired) electrons. The van der Waals surface area contributed by atoms with Crippen molar-refractivity contribution in [2.75, 3.05) is 39.3 Å². The van der Waals surface area contributed by atoms with Gasteiger partial charge in [0.15, 0.2) is 0 Å². The number of aromatic hydroxyl groups is 3. The first-order chi connectivity index (χ1) is 17.8. The second kappa shape index (κ2) is 16.4. The first-order valence-electron chi connectivity index (χ1n) is 11.5. The number of benzene rings is 3. The fourth-order valence-corrected chi connectivity index (χ4v) is 3.85. The van der Waals surface area contributed by atoms with Gasteiger partial charge in [-0.2, -0.15) is 0 Å². The van der Waals surface area contributed by atoms with Gasteiger partial charge < -0.3 is 15.3 Å². The molecule has 0 spiro atoms. The van der Waals surface area contributed by atoms with Gasteiger partial charge in [-0.3, -0.25) is 19.9 Å². The van der Waals surface area contributed by atoms with Gasteiger partial charge >= 0.3 is 0 Å². The second-order valence-electron chi connectivity index (χ2n) is 8.06. The summed E-state index contributed by atoms with van der Waals surface area (Å²) >= 11 is 18.0. The third-order valence-electron chi connectivity index (χ3n) is 5.30. The molecule has 7 nitrogen and oxygen atoms in total. The maximum Gasteiger partial charge on any atom is 0.124 e. The van der Waals surface area contributed by atoms with E-state index in [-0.39, 0.29) is 34.6 Å². The minimum absolute atomic E-state index is 0. The number of phenols is 3.